The van der Waals surface area contributed by atoms with Crippen molar-refractivity contribution in [2.45, 2.75) is 38.1 Å². The normalized spacial score (nSPS) is 24.6. The van der Waals surface area contributed by atoms with Gasteiger partial charge in [-0.25, -0.2) is 0 Å². The second-order valence-corrected chi connectivity index (χ2v) is 4.80. The number of nitrogens with zero attached hydrogens (tertiary/aromatic N) is 2. The molecule has 0 bridgehead atoms. The van der Waals surface area contributed by atoms with Crippen molar-refractivity contribution < 1.29 is 4.79 Å². The zero-order chi connectivity index (χ0) is 12.3. The van der Waals surface area contributed by atoms with Crippen LogP contribution in [-0.4, -0.2) is 21.7 Å². The third-order valence-corrected chi connectivity index (χ3v) is 3.50. The molecule has 0 spiro atoms. The fraction of sp³-hybridized carbons (Fsp3) is 0.667. The van der Waals surface area contributed by atoms with Crippen LogP contribution >= 0.6 is 0 Å². The first-order valence-corrected chi connectivity index (χ1v) is 6.20. The Hall–Kier alpha value is -1.36. The summed E-state index contributed by atoms with van der Waals surface area (Å²) in [7, 11) is 1.81. The molecule has 94 valence electrons. The van der Waals surface area contributed by atoms with E-state index in [4.69, 9.17) is 5.73 Å². The van der Waals surface area contributed by atoms with Gasteiger partial charge in [-0.05, 0) is 18.8 Å². The average molecular weight is 236 g/mol. The maximum absolute atomic E-state index is 11.9. The molecule has 1 aromatic rings. The molecule has 0 radical (unpaired) electrons. The SMILES string of the molecule is Cn1nccc1NC(=O)CC1CCCCC1N. The van der Waals surface area contributed by atoms with E-state index >= 15 is 0 Å². The number of hydrogen-bond donors (Lipinski definition) is 2. The third kappa shape index (κ3) is 3.06. The first-order chi connectivity index (χ1) is 8.16. The Balaban J connectivity index is 1.86. The highest BCUT2D eigenvalue weighted by molar-refractivity contribution is 5.90. The molecular formula is C12H20N4O. The van der Waals surface area contributed by atoms with Crippen LogP contribution in [-0.2, 0) is 11.8 Å². The minimum absolute atomic E-state index is 0.0379. The van der Waals surface area contributed by atoms with Gasteiger partial charge < -0.3 is 11.1 Å². The Morgan fingerprint density at radius 1 is 1.59 bits per heavy atom. The van der Waals surface area contributed by atoms with E-state index < -0.39 is 0 Å². The standard InChI is InChI=1S/C12H20N4O/c1-16-11(6-7-14-16)15-12(17)8-9-4-2-3-5-10(9)13/h6-7,9-10H,2-5,8,13H2,1H3,(H,15,17). The van der Waals surface area contributed by atoms with Crippen LogP contribution < -0.4 is 11.1 Å². The van der Waals surface area contributed by atoms with Gasteiger partial charge in [-0.2, -0.15) is 5.10 Å². The number of aryl methyl sites for hydroxylation is 1. The first-order valence-electron chi connectivity index (χ1n) is 6.20. The summed E-state index contributed by atoms with van der Waals surface area (Å²) >= 11 is 0. The van der Waals surface area contributed by atoms with Crippen molar-refractivity contribution in [1.82, 2.24) is 9.78 Å². The maximum atomic E-state index is 11.9. The summed E-state index contributed by atoms with van der Waals surface area (Å²) in [6.45, 7) is 0. The molecule has 1 amide bonds. The zero-order valence-corrected chi connectivity index (χ0v) is 10.2. The summed E-state index contributed by atoms with van der Waals surface area (Å²) in [5, 5.41) is 6.87. The Kier molecular flexibility index (Phi) is 3.78. The molecule has 1 fully saturated rings. The minimum atomic E-state index is 0.0379. The van der Waals surface area contributed by atoms with Gasteiger partial charge in [-0.1, -0.05) is 12.8 Å². The molecule has 1 aromatic heterocycles. The summed E-state index contributed by atoms with van der Waals surface area (Å²) in [6.07, 6.45) is 6.69. The molecular weight excluding hydrogens is 216 g/mol. The van der Waals surface area contributed by atoms with Crippen molar-refractivity contribution in [2.75, 3.05) is 5.32 Å². The summed E-state index contributed by atoms with van der Waals surface area (Å²) < 4.78 is 1.65. The molecule has 17 heavy (non-hydrogen) atoms. The van der Waals surface area contributed by atoms with E-state index in [1.807, 2.05) is 7.05 Å². The van der Waals surface area contributed by atoms with E-state index in [9.17, 15) is 4.79 Å². The molecule has 2 rings (SSSR count). The number of nitrogens with one attached hydrogen (secondary N) is 1. The lowest BCUT2D eigenvalue weighted by molar-refractivity contribution is -0.117. The predicted molar refractivity (Wildman–Crippen MR) is 66.4 cm³/mol. The summed E-state index contributed by atoms with van der Waals surface area (Å²) in [5.41, 5.74) is 6.03. The van der Waals surface area contributed by atoms with Crippen molar-refractivity contribution >= 4 is 11.7 Å². The molecule has 2 atom stereocenters. The summed E-state index contributed by atoms with van der Waals surface area (Å²) in [5.74, 6) is 1.10. The number of carbonyl (C=O) groups excluding carboxylic acids is 1. The van der Waals surface area contributed by atoms with Gasteiger partial charge in [-0.3, -0.25) is 9.48 Å². The highest BCUT2D eigenvalue weighted by Crippen LogP contribution is 2.25. The molecule has 5 nitrogen and oxygen atoms in total. The van der Waals surface area contributed by atoms with Crippen LogP contribution in [0.4, 0.5) is 5.82 Å². The molecule has 3 N–H and O–H groups in total. The van der Waals surface area contributed by atoms with Crippen molar-refractivity contribution in [1.29, 1.82) is 0 Å². The molecule has 0 aromatic carbocycles. The second kappa shape index (κ2) is 5.31. The van der Waals surface area contributed by atoms with Crippen molar-refractivity contribution in [3.63, 3.8) is 0 Å². The molecule has 1 heterocycles. The van der Waals surface area contributed by atoms with E-state index in [1.165, 1.54) is 12.8 Å². The van der Waals surface area contributed by atoms with Crippen LogP contribution in [0.5, 0.6) is 0 Å². The molecule has 0 saturated heterocycles. The lowest BCUT2D eigenvalue weighted by atomic mass is 9.83. The van der Waals surface area contributed by atoms with Crippen LogP contribution in [0.15, 0.2) is 12.3 Å². The van der Waals surface area contributed by atoms with Crippen molar-refractivity contribution in [2.24, 2.45) is 18.7 Å². The lowest BCUT2D eigenvalue weighted by Gasteiger charge is -2.27. The van der Waals surface area contributed by atoms with Crippen molar-refractivity contribution in [3.8, 4) is 0 Å². The molecule has 1 aliphatic carbocycles. The van der Waals surface area contributed by atoms with E-state index in [-0.39, 0.29) is 11.9 Å². The highest BCUT2D eigenvalue weighted by Gasteiger charge is 2.24. The smallest absolute Gasteiger partial charge is 0.225 e. The Morgan fingerprint density at radius 2 is 2.35 bits per heavy atom. The Bertz CT molecular complexity index is 388. The van der Waals surface area contributed by atoms with Gasteiger partial charge in [0.05, 0.1) is 6.20 Å². The van der Waals surface area contributed by atoms with E-state index in [0.717, 1.165) is 18.7 Å². The topological polar surface area (TPSA) is 72.9 Å². The van der Waals surface area contributed by atoms with E-state index in [0.29, 0.717) is 12.3 Å². The van der Waals surface area contributed by atoms with Crippen molar-refractivity contribution in [3.05, 3.63) is 12.3 Å². The van der Waals surface area contributed by atoms with E-state index in [1.54, 1.807) is 16.9 Å². The average Bonchev–Trinajstić information content (AvgIpc) is 2.68. The number of aromatic nitrogens is 2. The molecule has 2 unspecified atom stereocenters. The molecule has 0 aliphatic heterocycles. The van der Waals surface area contributed by atoms with Gasteiger partial charge in [0.2, 0.25) is 5.91 Å². The predicted octanol–water partition coefficient (Wildman–Crippen LogP) is 1.27. The Labute approximate surface area is 101 Å². The largest absolute Gasteiger partial charge is 0.327 e. The van der Waals surface area contributed by atoms with Gasteiger partial charge >= 0.3 is 0 Å². The van der Waals surface area contributed by atoms with Gasteiger partial charge in [0.1, 0.15) is 5.82 Å². The van der Waals surface area contributed by atoms with Gasteiger partial charge in [0, 0.05) is 25.6 Å². The number of anilines is 1. The number of hydrogen-bond acceptors (Lipinski definition) is 3. The number of rotatable bonds is 3. The van der Waals surface area contributed by atoms with E-state index in [2.05, 4.69) is 10.4 Å². The quantitative estimate of drug-likeness (QED) is 0.830. The van der Waals surface area contributed by atoms with Gasteiger partial charge in [0.15, 0.2) is 0 Å². The monoisotopic (exact) mass is 236 g/mol. The summed E-state index contributed by atoms with van der Waals surface area (Å²) in [4.78, 5) is 11.9. The molecule has 1 aliphatic rings. The highest BCUT2D eigenvalue weighted by atomic mass is 16.1. The van der Waals surface area contributed by atoms with Crippen LogP contribution in [0.2, 0.25) is 0 Å². The van der Waals surface area contributed by atoms with Gasteiger partial charge in [0.25, 0.3) is 0 Å². The molecule has 5 heteroatoms. The molecule has 1 saturated carbocycles. The van der Waals surface area contributed by atoms with Crippen LogP contribution in [0.3, 0.4) is 0 Å². The second-order valence-electron chi connectivity index (χ2n) is 4.80. The Morgan fingerprint density at radius 3 is 3.00 bits per heavy atom. The lowest BCUT2D eigenvalue weighted by Crippen LogP contribution is -2.35. The first kappa shape index (κ1) is 12.1. The van der Waals surface area contributed by atoms with Gasteiger partial charge in [-0.15, -0.1) is 0 Å². The minimum Gasteiger partial charge on any atom is -0.327 e. The summed E-state index contributed by atoms with van der Waals surface area (Å²) in [6, 6.07) is 1.97. The van der Waals surface area contributed by atoms with Crippen LogP contribution in [0, 0.1) is 5.92 Å². The fourth-order valence-corrected chi connectivity index (χ4v) is 2.42. The van der Waals surface area contributed by atoms with Crippen LogP contribution in [0.25, 0.3) is 0 Å². The fourth-order valence-electron chi connectivity index (χ4n) is 2.42. The maximum Gasteiger partial charge on any atom is 0.225 e. The number of carbonyl (C=O) groups is 1. The number of nitrogens with two attached hydrogens (primary N) is 1. The third-order valence-electron chi connectivity index (χ3n) is 3.50. The number of amides is 1. The zero-order valence-electron chi connectivity index (χ0n) is 10.2. The van der Waals surface area contributed by atoms with Crippen LogP contribution in [0.1, 0.15) is 32.1 Å².